The maximum absolute atomic E-state index is 9.12. The van der Waals surface area contributed by atoms with Crippen molar-refractivity contribution in [1.29, 1.82) is 0 Å². The van der Waals surface area contributed by atoms with Crippen molar-refractivity contribution in [3.8, 4) is 0 Å². The minimum absolute atomic E-state index is 0. The van der Waals surface area contributed by atoms with Crippen LogP contribution in [0.4, 0.5) is 0 Å². The molecule has 0 bridgehead atoms. The molecule has 13 heavy (non-hydrogen) atoms. The van der Waals surface area contributed by atoms with Crippen LogP contribution in [0.25, 0.3) is 0 Å². The van der Waals surface area contributed by atoms with E-state index in [1.807, 2.05) is 0 Å². The second-order valence-corrected chi connectivity index (χ2v) is 2.72. The molecule has 0 amide bonds. The summed E-state index contributed by atoms with van der Waals surface area (Å²) in [6.45, 7) is -0.526. The van der Waals surface area contributed by atoms with Gasteiger partial charge in [-0.3, -0.25) is 0 Å². The van der Waals surface area contributed by atoms with Gasteiger partial charge in [-0.1, -0.05) is 0 Å². The summed E-state index contributed by atoms with van der Waals surface area (Å²) in [5.74, 6) is 0. The normalized spacial score (nSPS) is 45.5. The van der Waals surface area contributed by atoms with Gasteiger partial charge in [0.05, 0.1) is 6.61 Å². The summed E-state index contributed by atoms with van der Waals surface area (Å²) in [7, 11) is 0. The molecule has 6 nitrogen and oxygen atoms in total. The van der Waals surface area contributed by atoms with Gasteiger partial charge in [0.1, 0.15) is 24.4 Å². The number of ether oxygens (including phenoxy) is 1. The summed E-state index contributed by atoms with van der Waals surface area (Å²) in [6, 6.07) is 0. The average molecular weight is 268 g/mol. The first-order valence-electron chi connectivity index (χ1n) is 3.56. The van der Waals surface area contributed by atoms with Gasteiger partial charge in [0, 0.05) is 0 Å². The van der Waals surface area contributed by atoms with E-state index in [2.05, 4.69) is 4.74 Å². The van der Waals surface area contributed by atoms with Gasteiger partial charge in [-0.15, -0.1) is 0 Å². The van der Waals surface area contributed by atoms with Crippen molar-refractivity contribution in [3.63, 3.8) is 0 Å². The van der Waals surface area contributed by atoms with Crippen molar-refractivity contribution in [2.45, 2.75) is 30.7 Å². The van der Waals surface area contributed by atoms with Crippen molar-refractivity contribution in [2.24, 2.45) is 0 Å². The van der Waals surface area contributed by atoms with Gasteiger partial charge in [0.2, 0.25) is 0 Å². The molecule has 7 heteroatoms. The second kappa shape index (κ2) is 5.96. The summed E-state index contributed by atoms with van der Waals surface area (Å²) in [5.41, 5.74) is 0. The second-order valence-electron chi connectivity index (χ2n) is 2.72. The molecule has 72 valence electrons. The van der Waals surface area contributed by atoms with Crippen LogP contribution in [-0.2, 0) is 4.74 Å². The molecule has 0 aliphatic carbocycles. The van der Waals surface area contributed by atoms with Crippen molar-refractivity contribution < 1.29 is 30.3 Å². The first kappa shape index (κ1) is 14.2. The molecule has 1 fully saturated rings. The fourth-order valence-corrected chi connectivity index (χ4v) is 1.08. The Morgan fingerprint density at radius 1 is 0.923 bits per heavy atom. The smallest absolute Gasteiger partial charge is 0.394 e. The van der Waals surface area contributed by atoms with E-state index in [-0.39, 0.29) is 45.5 Å². The Kier molecular flexibility index (Phi) is 6.53. The third kappa shape index (κ3) is 3.10. The van der Waals surface area contributed by atoms with Crippen molar-refractivity contribution in [3.05, 3.63) is 0 Å². The number of rotatable bonds is 1. The summed E-state index contributed by atoms with van der Waals surface area (Å²) < 4.78 is 4.58. The van der Waals surface area contributed by atoms with Crippen LogP contribution >= 0.6 is 0 Å². The zero-order chi connectivity index (χ0) is 9.30. The van der Waals surface area contributed by atoms with Crippen LogP contribution in [0.1, 0.15) is 0 Å². The van der Waals surface area contributed by atoms with E-state index < -0.39 is 37.3 Å². The summed E-state index contributed by atoms with van der Waals surface area (Å²) in [5, 5.41) is 44.7. The number of aliphatic hydroxyl groups excluding tert-OH is 5. The fraction of sp³-hybridized carbons (Fsp3) is 1.00. The molecule has 0 radical (unpaired) electrons. The Balaban J connectivity index is 0.00000144. The summed E-state index contributed by atoms with van der Waals surface area (Å²) in [4.78, 5) is 0. The Morgan fingerprint density at radius 3 is 1.92 bits per heavy atom. The van der Waals surface area contributed by atoms with Crippen LogP contribution in [0.2, 0.25) is 0 Å². The van der Waals surface area contributed by atoms with Gasteiger partial charge in [-0.05, 0) is 0 Å². The molecule has 5 N–H and O–H groups in total. The molecule has 5 atom stereocenters. The fourth-order valence-electron chi connectivity index (χ4n) is 1.08. The van der Waals surface area contributed by atoms with Gasteiger partial charge in [0.25, 0.3) is 0 Å². The zero-order valence-corrected chi connectivity index (χ0v) is 10.4. The molecule has 1 rings (SSSR count). The number of aliphatic hydroxyl groups is 5. The molecule has 0 saturated carbocycles. The topological polar surface area (TPSA) is 110 Å². The van der Waals surface area contributed by atoms with Crippen LogP contribution in [-0.4, -0.2) is 108 Å². The van der Waals surface area contributed by atoms with E-state index in [1.54, 1.807) is 0 Å². The maximum Gasteiger partial charge on any atom is 2.00 e. The van der Waals surface area contributed by atoms with E-state index in [1.165, 1.54) is 0 Å². The van der Waals surface area contributed by atoms with Gasteiger partial charge in [0.15, 0.2) is 6.29 Å². The predicted octanol–water partition coefficient (Wildman–Crippen LogP) is -3.60. The van der Waals surface area contributed by atoms with E-state index in [4.69, 9.17) is 25.5 Å². The maximum atomic E-state index is 9.12. The van der Waals surface area contributed by atoms with Crippen molar-refractivity contribution >= 4 is 45.5 Å². The van der Waals surface area contributed by atoms with Gasteiger partial charge in [-0.25, -0.2) is 0 Å². The third-order valence-electron chi connectivity index (χ3n) is 1.87. The molecule has 0 aromatic heterocycles. The molecule has 0 aromatic rings. The summed E-state index contributed by atoms with van der Waals surface area (Å²) >= 11 is 0. The first-order chi connectivity index (χ1) is 5.57. The SMILES string of the molecule is OC[C@H]1OC(O)[C@H](O)[C@@H](O)[C@@H]1O.[Sr+2]. The molecule has 0 aromatic carbocycles. The molecule has 1 aliphatic heterocycles. The van der Waals surface area contributed by atoms with Crippen LogP contribution in [0.15, 0.2) is 0 Å². The Morgan fingerprint density at radius 2 is 1.46 bits per heavy atom. The number of hydrogen-bond donors (Lipinski definition) is 5. The average Bonchev–Trinajstić information content (AvgIpc) is 2.08. The van der Waals surface area contributed by atoms with Gasteiger partial charge >= 0.3 is 45.5 Å². The Hall–Kier alpha value is 1.24. The molecule has 1 aliphatic rings. The van der Waals surface area contributed by atoms with E-state index in [9.17, 15) is 0 Å². The van der Waals surface area contributed by atoms with Crippen LogP contribution < -0.4 is 0 Å². The van der Waals surface area contributed by atoms with Crippen LogP contribution in [0.5, 0.6) is 0 Å². The molecule has 0 spiro atoms. The molecule has 1 unspecified atom stereocenters. The summed E-state index contributed by atoms with van der Waals surface area (Å²) in [6.07, 6.45) is -7.04. The molecule has 1 heterocycles. The Bertz CT molecular complexity index is 151. The minimum atomic E-state index is -1.57. The molecular formula is C6H12O6Sr+2. The first-order valence-corrected chi connectivity index (χ1v) is 3.56. The zero-order valence-electron chi connectivity index (χ0n) is 6.95. The standard InChI is InChI=1S/C6H12O6.Sr/c7-1-2-3(8)4(9)5(10)6(11)12-2;/h2-11H,1H2;/q;+2/t2-,3-,4+,5-,6?;/m1./s1. The van der Waals surface area contributed by atoms with Crippen LogP contribution in [0, 0.1) is 0 Å². The molecular weight excluding hydrogens is 256 g/mol. The monoisotopic (exact) mass is 268 g/mol. The van der Waals surface area contributed by atoms with Crippen LogP contribution in [0.3, 0.4) is 0 Å². The quantitative estimate of drug-likeness (QED) is 0.314. The van der Waals surface area contributed by atoms with Gasteiger partial charge in [-0.2, -0.15) is 0 Å². The molecule has 1 saturated heterocycles. The Labute approximate surface area is 112 Å². The van der Waals surface area contributed by atoms with E-state index in [0.29, 0.717) is 0 Å². The van der Waals surface area contributed by atoms with Gasteiger partial charge < -0.3 is 30.3 Å². The van der Waals surface area contributed by atoms with Crippen molar-refractivity contribution in [2.75, 3.05) is 6.61 Å². The number of hydrogen-bond acceptors (Lipinski definition) is 6. The predicted molar refractivity (Wildman–Crippen MR) is 41.7 cm³/mol. The third-order valence-corrected chi connectivity index (χ3v) is 1.87. The van der Waals surface area contributed by atoms with Crippen molar-refractivity contribution in [1.82, 2.24) is 0 Å². The van der Waals surface area contributed by atoms with E-state index >= 15 is 0 Å². The minimum Gasteiger partial charge on any atom is -0.394 e. The largest absolute Gasteiger partial charge is 2.00 e. The van der Waals surface area contributed by atoms with E-state index in [0.717, 1.165) is 0 Å².